The summed E-state index contributed by atoms with van der Waals surface area (Å²) < 4.78 is 0.362. The van der Waals surface area contributed by atoms with Crippen LogP contribution in [0.3, 0.4) is 0 Å². The Morgan fingerprint density at radius 2 is 2.12 bits per heavy atom. The molecule has 1 saturated heterocycles. The van der Waals surface area contributed by atoms with Crippen LogP contribution in [0.5, 0.6) is 0 Å². The third kappa shape index (κ3) is 3.49. The number of hydrogen-bond acceptors (Lipinski definition) is 4. The van der Waals surface area contributed by atoms with Crippen LogP contribution in [-0.2, 0) is 0 Å². The first-order valence-electron chi connectivity index (χ1n) is 5.86. The van der Waals surface area contributed by atoms with Crippen molar-refractivity contribution in [1.29, 1.82) is 0 Å². The van der Waals surface area contributed by atoms with Crippen LogP contribution in [-0.4, -0.2) is 33.6 Å². The Balaban J connectivity index is 2.17. The molecule has 0 saturated carbocycles. The SMILES string of the molecule is Cc1cc(N2CCSC(C)(C)CC2)nc(Cl)n1. The smallest absolute Gasteiger partial charge is 0.224 e. The average Bonchev–Trinajstić information content (AvgIpc) is 2.38. The van der Waals surface area contributed by atoms with Gasteiger partial charge < -0.3 is 4.90 Å². The van der Waals surface area contributed by atoms with Crippen LogP contribution in [0, 0.1) is 6.92 Å². The highest BCUT2D eigenvalue weighted by molar-refractivity contribution is 8.00. The molecular formula is C12H18ClN3S. The minimum atomic E-state index is 0.344. The molecule has 1 aromatic rings. The maximum absolute atomic E-state index is 5.91. The second kappa shape index (κ2) is 5.02. The summed E-state index contributed by atoms with van der Waals surface area (Å²) in [5.74, 6) is 2.09. The molecule has 0 N–H and O–H groups in total. The summed E-state index contributed by atoms with van der Waals surface area (Å²) in [5.41, 5.74) is 0.927. The predicted molar refractivity (Wildman–Crippen MR) is 75.1 cm³/mol. The Hall–Kier alpha value is -0.480. The first-order chi connectivity index (χ1) is 7.96. The first-order valence-corrected chi connectivity index (χ1v) is 7.23. The summed E-state index contributed by atoms with van der Waals surface area (Å²) in [7, 11) is 0. The minimum Gasteiger partial charge on any atom is -0.356 e. The number of hydrogen-bond donors (Lipinski definition) is 0. The first kappa shape index (κ1) is 13.0. The topological polar surface area (TPSA) is 29.0 Å². The second-order valence-electron chi connectivity index (χ2n) is 4.98. The van der Waals surface area contributed by atoms with Gasteiger partial charge >= 0.3 is 0 Å². The highest BCUT2D eigenvalue weighted by Crippen LogP contribution is 2.32. The molecule has 1 fully saturated rings. The Kier molecular flexibility index (Phi) is 3.83. The summed E-state index contributed by atoms with van der Waals surface area (Å²) >= 11 is 7.94. The number of aromatic nitrogens is 2. The third-order valence-electron chi connectivity index (χ3n) is 2.98. The molecular weight excluding hydrogens is 254 g/mol. The van der Waals surface area contributed by atoms with E-state index in [1.807, 2.05) is 24.8 Å². The zero-order chi connectivity index (χ0) is 12.5. The molecule has 0 aromatic carbocycles. The van der Waals surface area contributed by atoms with Crippen LogP contribution in [0.15, 0.2) is 6.07 Å². The second-order valence-corrected chi connectivity index (χ2v) is 7.12. The highest BCUT2D eigenvalue weighted by Gasteiger charge is 2.24. The number of anilines is 1. The standard InChI is InChI=1S/C12H18ClN3S/c1-9-8-10(15-11(13)14-9)16-5-4-12(2,3)17-7-6-16/h8H,4-7H2,1-3H3. The van der Waals surface area contributed by atoms with Crippen LogP contribution < -0.4 is 4.90 Å². The van der Waals surface area contributed by atoms with Gasteiger partial charge in [-0.1, -0.05) is 13.8 Å². The van der Waals surface area contributed by atoms with Crippen molar-refractivity contribution in [1.82, 2.24) is 9.97 Å². The van der Waals surface area contributed by atoms with E-state index in [2.05, 4.69) is 28.7 Å². The van der Waals surface area contributed by atoms with Gasteiger partial charge in [0.1, 0.15) is 5.82 Å². The molecule has 0 amide bonds. The molecule has 0 bridgehead atoms. The van der Waals surface area contributed by atoms with Gasteiger partial charge in [0, 0.05) is 35.3 Å². The van der Waals surface area contributed by atoms with Gasteiger partial charge in [0.25, 0.3) is 0 Å². The van der Waals surface area contributed by atoms with Gasteiger partial charge in [-0.25, -0.2) is 9.97 Å². The predicted octanol–water partition coefficient (Wildman–Crippen LogP) is 3.16. The lowest BCUT2D eigenvalue weighted by Crippen LogP contribution is -2.28. The van der Waals surface area contributed by atoms with Gasteiger partial charge in [-0.15, -0.1) is 0 Å². The molecule has 0 radical (unpaired) electrons. The van der Waals surface area contributed by atoms with Crippen molar-refractivity contribution in [2.75, 3.05) is 23.7 Å². The lowest BCUT2D eigenvalue weighted by Gasteiger charge is -2.23. The fourth-order valence-electron chi connectivity index (χ4n) is 1.93. The molecule has 0 atom stereocenters. The van der Waals surface area contributed by atoms with E-state index in [0.717, 1.165) is 30.4 Å². The summed E-state index contributed by atoms with van der Waals surface area (Å²) in [5, 5.41) is 0.344. The maximum atomic E-state index is 5.91. The molecule has 1 aliphatic heterocycles. The van der Waals surface area contributed by atoms with Gasteiger partial charge in [-0.05, 0) is 24.9 Å². The summed E-state index contributed by atoms with van der Waals surface area (Å²) in [4.78, 5) is 10.7. The molecule has 17 heavy (non-hydrogen) atoms. The Bertz CT molecular complexity index is 388. The number of halogens is 1. The third-order valence-corrected chi connectivity index (χ3v) is 4.52. The van der Waals surface area contributed by atoms with E-state index < -0.39 is 0 Å². The lowest BCUT2D eigenvalue weighted by atomic mass is 10.1. The molecule has 2 rings (SSSR count). The summed E-state index contributed by atoms with van der Waals surface area (Å²) in [6.07, 6.45) is 1.17. The maximum Gasteiger partial charge on any atom is 0.224 e. The largest absolute Gasteiger partial charge is 0.356 e. The zero-order valence-electron chi connectivity index (χ0n) is 10.5. The Morgan fingerprint density at radius 1 is 1.35 bits per heavy atom. The van der Waals surface area contributed by atoms with Gasteiger partial charge in [0.15, 0.2) is 0 Å². The van der Waals surface area contributed by atoms with E-state index in [0.29, 0.717) is 10.0 Å². The number of thioether (sulfide) groups is 1. The number of rotatable bonds is 1. The molecule has 0 unspecified atom stereocenters. The Labute approximate surface area is 112 Å². The van der Waals surface area contributed by atoms with Crippen molar-refractivity contribution in [3.8, 4) is 0 Å². The molecule has 5 heteroatoms. The van der Waals surface area contributed by atoms with E-state index in [9.17, 15) is 0 Å². The van der Waals surface area contributed by atoms with E-state index in [4.69, 9.17) is 11.6 Å². The van der Waals surface area contributed by atoms with Crippen molar-refractivity contribution >= 4 is 29.2 Å². The van der Waals surface area contributed by atoms with Crippen molar-refractivity contribution in [2.24, 2.45) is 0 Å². The molecule has 1 aliphatic rings. The van der Waals surface area contributed by atoms with Gasteiger partial charge in [-0.3, -0.25) is 0 Å². The normalized spacial score (nSPS) is 20.1. The quantitative estimate of drug-likeness (QED) is 0.734. The molecule has 94 valence electrons. The summed E-state index contributed by atoms with van der Waals surface area (Å²) in [6, 6.07) is 2.01. The fraction of sp³-hybridized carbons (Fsp3) is 0.667. The monoisotopic (exact) mass is 271 g/mol. The van der Waals surface area contributed by atoms with E-state index >= 15 is 0 Å². The van der Waals surface area contributed by atoms with Crippen LogP contribution in [0.25, 0.3) is 0 Å². The van der Waals surface area contributed by atoms with Crippen LogP contribution >= 0.6 is 23.4 Å². The van der Waals surface area contributed by atoms with Crippen LogP contribution in [0.4, 0.5) is 5.82 Å². The van der Waals surface area contributed by atoms with E-state index in [1.54, 1.807) is 0 Å². The molecule has 0 aliphatic carbocycles. The van der Waals surface area contributed by atoms with Gasteiger partial charge in [-0.2, -0.15) is 11.8 Å². The Morgan fingerprint density at radius 3 is 2.82 bits per heavy atom. The molecule has 3 nitrogen and oxygen atoms in total. The fourth-order valence-corrected chi connectivity index (χ4v) is 3.25. The molecule has 1 aromatic heterocycles. The van der Waals surface area contributed by atoms with Gasteiger partial charge in [0.2, 0.25) is 5.28 Å². The van der Waals surface area contributed by atoms with Gasteiger partial charge in [0.05, 0.1) is 0 Å². The van der Waals surface area contributed by atoms with Crippen LogP contribution in [0.1, 0.15) is 26.0 Å². The molecule has 2 heterocycles. The zero-order valence-corrected chi connectivity index (χ0v) is 12.1. The lowest BCUT2D eigenvalue weighted by molar-refractivity contribution is 0.634. The van der Waals surface area contributed by atoms with Crippen molar-refractivity contribution in [3.63, 3.8) is 0 Å². The highest BCUT2D eigenvalue weighted by atomic mass is 35.5. The van der Waals surface area contributed by atoms with Crippen LogP contribution in [0.2, 0.25) is 5.28 Å². The number of nitrogens with zero attached hydrogens (tertiary/aromatic N) is 3. The summed E-state index contributed by atoms with van der Waals surface area (Å²) in [6.45, 7) is 8.62. The van der Waals surface area contributed by atoms with E-state index in [1.165, 1.54) is 6.42 Å². The average molecular weight is 272 g/mol. The molecule has 0 spiro atoms. The van der Waals surface area contributed by atoms with Crippen molar-refractivity contribution in [2.45, 2.75) is 31.9 Å². The van der Waals surface area contributed by atoms with Crippen molar-refractivity contribution in [3.05, 3.63) is 17.0 Å². The minimum absolute atomic E-state index is 0.344. The van der Waals surface area contributed by atoms with E-state index in [-0.39, 0.29) is 0 Å². The van der Waals surface area contributed by atoms with Crippen molar-refractivity contribution < 1.29 is 0 Å². The number of aryl methyl sites for hydroxylation is 1.